The second-order valence-corrected chi connectivity index (χ2v) is 26.7. The highest BCUT2D eigenvalue weighted by Gasteiger charge is 2.32. The molecule has 4 atom stereocenters. The van der Waals surface area contributed by atoms with E-state index in [0.717, 1.165) is 9.80 Å². The molecule has 0 aromatic heterocycles. The maximum Gasteiger partial charge on any atom is 0.527 e. The highest BCUT2D eigenvalue weighted by molar-refractivity contribution is 7.53. The number of phenolic OH excluding ortho intramolecular Hbond substituents is 4. The van der Waals surface area contributed by atoms with Crippen molar-refractivity contribution in [1.29, 1.82) is 0 Å². The molecule has 36 heteroatoms. The van der Waals surface area contributed by atoms with Gasteiger partial charge in [-0.15, -0.1) is 0 Å². The van der Waals surface area contributed by atoms with E-state index in [4.69, 9.17) is 0 Å². The average molecular weight is 1190 g/mol. The van der Waals surface area contributed by atoms with Crippen molar-refractivity contribution in [2.24, 2.45) is 0 Å². The lowest BCUT2D eigenvalue weighted by Gasteiger charge is -2.27. The molecule has 402 valence electrons. The normalized spacial score (nSPS) is 12.9. The quantitative estimate of drug-likeness (QED) is 0.0417. The zero-order valence-electron chi connectivity index (χ0n) is 38.6. The summed E-state index contributed by atoms with van der Waals surface area (Å²) >= 11 is 0. The van der Waals surface area contributed by atoms with E-state index in [1.54, 1.807) is 6.92 Å². The average Bonchev–Trinajstić information content (AvgIpc) is 3.20. The molecule has 0 radical (unpaired) electrons. The molecule has 0 fully saturated rings. The maximum atomic E-state index is 11.6. The molecule has 0 aliphatic heterocycles. The van der Waals surface area contributed by atoms with Gasteiger partial charge in [-0.1, -0.05) is 0 Å². The summed E-state index contributed by atoms with van der Waals surface area (Å²) in [7, 11) is -29.8. The van der Waals surface area contributed by atoms with E-state index in [2.05, 4.69) is 0 Å². The molecule has 4 aromatic rings. The van der Waals surface area contributed by atoms with Gasteiger partial charge in [0.25, 0.3) is 25.1 Å². The Morgan fingerprint density at radius 3 is 0.904 bits per heavy atom. The third-order valence-electron chi connectivity index (χ3n) is 9.96. The van der Waals surface area contributed by atoms with E-state index in [1.165, 1.54) is 78.2 Å². The fraction of sp³-hybridized carbons (Fsp3) is 0.351. The molecule has 4 aromatic carbocycles. The minimum atomic E-state index is -4.80. The second kappa shape index (κ2) is 26.3. The number of hydrogen-bond acceptors (Lipinski definition) is 16. The fourth-order valence-electron chi connectivity index (χ4n) is 7.07. The van der Waals surface area contributed by atoms with Crippen molar-refractivity contribution < 1.29 is 116 Å². The standard InChI is InChI=1S/C19H30N2O14P4.C18H20N2O10P4/c1-12-3-16(20(8-36(24,25)26)9-37(27,28)29)6-14(18(12)22)5-15-7-17(4-13(2)19(15)23)21(10-38(30,31)32)11-39(33,34)35;1-12-4-16(20(10-33(27)28)11-34(29)30)7-14(18(12)22)5-13-6-15(2-3-17(13)21)19(8-31(23)24)9-32(25)26/h3-4,6-7,22-23H,5,8-11H2,1-2H3,(H2,24,25,26)(H2,27,28,29)(H2,30,31,32)(H2,33,34,35);2-4,6-7H,5,8-11H2,1H3,(H2-4,21,22,23,24,25,26,27,28,29,30)/p+4. The van der Waals surface area contributed by atoms with Gasteiger partial charge in [-0.2, -0.15) is 19.6 Å². The first-order valence-electron chi connectivity index (χ1n) is 20.3. The molecule has 0 heterocycles. The molecule has 0 aliphatic rings. The zero-order chi connectivity index (χ0) is 55.7. The van der Waals surface area contributed by atoms with Crippen LogP contribution >= 0.6 is 62.5 Å². The van der Waals surface area contributed by atoms with Crippen LogP contribution in [0.5, 0.6) is 23.0 Å². The summed E-state index contributed by atoms with van der Waals surface area (Å²) in [5, 5.41) is 42.2. The van der Waals surface area contributed by atoms with E-state index >= 15 is 0 Å². The summed E-state index contributed by atoms with van der Waals surface area (Å²) in [4.78, 5) is 116. The third-order valence-corrected chi connectivity index (χ3v) is 15.1. The fourth-order valence-corrected chi connectivity index (χ4v) is 12.8. The number of nitrogens with zero attached hydrogens (tertiary/aromatic N) is 4. The molecule has 0 spiro atoms. The Bertz CT molecular complexity index is 2740. The van der Waals surface area contributed by atoms with Gasteiger partial charge in [0.2, 0.25) is 0 Å². The Morgan fingerprint density at radius 2 is 0.630 bits per heavy atom. The van der Waals surface area contributed by atoms with E-state index in [9.17, 15) is 116 Å². The lowest BCUT2D eigenvalue weighted by atomic mass is 9.97. The van der Waals surface area contributed by atoms with Crippen LogP contribution in [0.4, 0.5) is 22.7 Å². The van der Waals surface area contributed by atoms with Gasteiger partial charge >= 0.3 is 62.5 Å². The first-order valence-corrected chi connectivity index (χ1v) is 33.1. The van der Waals surface area contributed by atoms with Gasteiger partial charge in [0, 0.05) is 57.8 Å². The number of benzene rings is 4. The highest BCUT2D eigenvalue weighted by atomic mass is 31.2. The smallest absolute Gasteiger partial charge is 0.508 e. The molecule has 16 N–H and O–H groups in total. The van der Waals surface area contributed by atoms with Gasteiger partial charge in [0.1, 0.15) is 48.1 Å². The summed E-state index contributed by atoms with van der Waals surface area (Å²) in [6, 6.07) is 12.0. The number of hydrogen-bond donors (Lipinski definition) is 16. The lowest BCUT2D eigenvalue weighted by molar-refractivity contribution is 0.362. The number of rotatable bonds is 24. The molecule has 4 unspecified atom stereocenters. The van der Waals surface area contributed by atoms with Gasteiger partial charge in [-0.05, 0) is 110 Å². The van der Waals surface area contributed by atoms with Crippen molar-refractivity contribution in [2.45, 2.75) is 33.6 Å². The predicted molar refractivity (Wildman–Crippen MR) is 269 cm³/mol. The first-order chi connectivity index (χ1) is 33.3. The molecule has 0 saturated heterocycles. The van der Waals surface area contributed by atoms with E-state index in [0.29, 0.717) is 22.5 Å². The third kappa shape index (κ3) is 21.7. The molecule has 0 saturated carbocycles. The summed E-state index contributed by atoms with van der Waals surface area (Å²) in [6.45, 7) is 4.41. The second-order valence-electron chi connectivity index (χ2n) is 16.3. The summed E-state index contributed by atoms with van der Waals surface area (Å²) in [5.74, 6) is -0.933. The number of anilines is 4. The van der Waals surface area contributed by atoms with Crippen LogP contribution in [0.15, 0.2) is 54.6 Å². The molecule has 0 aliphatic carbocycles. The van der Waals surface area contributed by atoms with Crippen LogP contribution in [0.3, 0.4) is 0 Å². The monoisotopic (exact) mass is 1190 g/mol. The van der Waals surface area contributed by atoms with Gasteiger partial charge in [0.05, 0.1) is 0 Å². The van der Waals surface area contributed by atoms with Crippen LogP contribution in [-0.4, -0.2) is 129 Å². The van der Waals surface area contributed by atoms with Crippen molar-refractivity contribution in [3.05, 3.63) is 93.5 Å². The zero-order valence-corrected chi connectivity index (χ0v) is 45.7. The van der Waals surface area contributed by atoms with Gasteiger partial charge in [0.15, 0.2) is 0 Å². The van der Waals surface area contributed by atoms with Crippen LogP contribution in [0.1, 0.15) is 38.9 Å². The van der Waals surface area contributed by atoms with E-state index < -0.39 is 113 Å². The van der Waals surface area contributed by atoms with Crippen LogP contribution < -0.4 is 19.6 Å². The summed E-state index contributed by atoms with van der Waals surface area (Å²) < 4.78 is 91.8. The first kappa shape index (κ1) is 63.4. The number of aromatic hydroxyl groups is 4. The number of phenols is 4. The van der Waals surface area contributed by atoms with E-state index in [1.807, 2.05) is 0 Å². The predicted octanol–water partition coefficient (Wildman–Crippen LogP) is 4.84. The van der Waals surface area contributed by atoms with Gasteiger partial charge < -0.3 is 69.4 Å². The van der Waals surface area contributed by atoms with Crippen molar-refractivity contribution in [2.75, 3.05) is 69.9 Å². The van der Waals surface area contributed by atoms with Crippen LogP contribution in [0.2, 0.25) is 0 Å². The minimum Gasteiger partial charge on any atom is -0.508 e. The molecule has 0 bridgehead atoms. The van der Waals surface area contributed by atoms with Gasteiger partial charge in [-0.3, -0.25) is 28.1 Å². The van der Waals surface area contributed by atoms with Crippen LogP contribution in [-0.2, 0) is 49.4 Å². The molecule has 4 rings (SSSR count). The van der Waals surface area contributed by atoms with Crippen LogP contribution in [0, 0.1) is 20.8 Å². The largest absolute Gasteiger partial charge is 0.527 e. The van der Waals surface area contributed by atoms with Gasteiger partial charge in [-0.25, -0.2) is 0 Å². The van der Waals surface area contributed by atoms with Crippen molar-refractivity contribution in [1.82, 2.24) is 0 Å². The molecule has 0 amide bonds. The molecule has 73 heavy (non-hydrogen) atoms. The van der Waals surface area contributed by atoms with Crippen molar-refractivity contribution >= 4 is 85.2 Å². The van der Waals surface area contributed by atoms with Crippen LogP contribution in [0.25, 0.3) is 0 Å². The van der Waals surface area contributed by atoms with E-state index in [-0.39, 0.29) is 75.0 Å². The number of aryl methyl sites for hydroxylation is 3. The topological polar surface area (TPSA) is 473 Å². The Kier molecular flexibility index (Phi) is 22.8. The van der Waals surface area contributed by atoms with Crippen molar-refractivity contribution in [3.63, 3.8) is 0 Å². The van der Waals surface area contributed by atoms with Crippen molar-refractivity contribution in [3.8, 4) is 23.0 Å². The maximum absolute atomic E-state index is 11.6. The highest BCUT2D eigenvalue weighted by Crippen LogP contribution is 2.47. The Labute approximate surface area is 419 Å². The minimum absolute atomic E-state index is 0.0369. The lowest BCUT2D eigenvalue weighted by Crippen LogP contribution is -2.26. The summed E-state index contributed by atoms with van der Waals surface area (Å²) in [6.07, 6.45) is -6.20. The Morgan fingerprint density at radius 1 is 0.384 bits per heavy atom. The molecular weight excluding hydrogens is 1130 g/mol. The Balaban J connectivity index is 0.000000389. The Hall–Kier alpha value is -3.88. The molecular formula is C37H54N4O24P8+4. The molecule has 28 nitrogen and oxygen atoms in total. The summed E-state index contributed by atoms with van der Waals surface area (Å²) in [5.41, 5.74) is 1.81. The SMILES string of the molecule is Cc1cc(N(CP(=O)(O)O)CP(=O)(O)O)cc(Cc2cc(N(CP(=O)(O)O)CP(=O)(O)O)cc(C)c2O)c1O.Cc1cc(N(C[P+](=O)O)C[P+](=O)O)cc(Cc2cc(N(C[P+](=O)O)C[P+](=O)O)ccc2O)c1O.